The van der Waals surface area contributed by atoms with Crippen molar-refractivity contribution >= 4 is 23.5 Å². The maximum absolute atomic E-state index is 12.6. The normalized spacial score (nSPS) is 32.9. The zero-order valence-corrected chi connectivity index (χ0v) is 11.1. The largest absolute Gasteiger partial charge is 0.478 e. The summed E-state index contributed by atoms with van der Waals surface area (Å²) in [6.07, 6.45) is 4.96. The second kappa shape index (κ2) is 4.04. The molecule has 1 saturated heterocycles. The third-order valence-corrected chi connectivity index (χ3v) is 4.82. The van der Waals surface area contributed by atoms with Crippen molar-refractivity contribution in [1.82, 2.24) is 0 Å². The summed E-state index contributed by atoms with van der Waals surface area (Å²) < 4.78 is 0. The quantitative estimate of drug-likeness (QED) is 0.662. The predicted molar refractivity (Wildman–Crippen MR) is 73.6 cm³/mol. The first-order chi connectivity index (χ1) is 10.1. The number of fused-ring (bicyclic) bond motifs is 5. The van der Waals surface area contributed by atoms with Crippen molar-refractivity contribution in [2.45, 2.75) is 6.42 Å². The molecule has 1 aromatic carbocycles. The molecule has 21 heavy (non-hydrogen) atoms. The summed E-state index contributed by atoms with van der Waals surface area (Å²) in [4.78, 5) is 37.4. The fraction of sp³-hybridized carbons (Fsp3) is 0.312. The molecule has 0 spiro atoms. The number of rotatable bonds is 2. The van der Waals surface area contributed by atoms with E-state index in [0.717, 1.165) is 6.42 Å². The molecule has 4 atom stereocenters. The Morgan fingerprint density at radius 1 is 1.10 bits per heavy atom. The van der Waals surface area contributed by atoms with E-state index in [1.165, 1.54) is 17.0 Å². The molecule has 1 aromatic rings. The Bertz CT molecular complexity index is 678. The lowest BCUT2D eigenvalue weighted by Crippen LogP contribution is -2.32. The van der Waals surface area contributed by atoms with Gasteiger partial charge in [0, 0.05) is 0 Å². The van der Waals surface area contributed by atoms with Crippen LogP contribution in [-0.4, -0.2) is 22.9 Å². The van der Waals surface area contributed by atoms with Crippen LogP contribution >= 0.6 is 0 Å². The van der Waals surface area contributed by atoms with E-state index in [4.69, 9.17) is 5.11 Å². The molecule has 0 radical (unpaired) electrons. The van der Waals surface area contributed by atoms with Crippen LogP contribution in [-0.2, 0) is 9.59 Å². The number of carbonyl (C=O) groups is 3. The van der Waals surface area contributed by atoms with E-state index >= 15 is 0 Å². The lowest BCUT2D eigenvalue weighted by atomic mass is 9.85. The zero-order chi connectivity index (χ0) is 14.7. The highest BCUT2D eigenvalue weighted by atomic mass is 16.4. The minimum Gasteiger partial charge on any atom is -0.478 e. The number of nitrogens with zero attached hydrogens (tertiary/aromatic N) is 1. The van der Waals surface area contributed by atoms with Crippen LogP contribution in [0.1, 0.15) is 16.8 Å². The second-order valence-corrected chi connectivity index (χ2v) is 5.87. The Morgan fingerprint density at radius 2 is 1.71 bits per heavy atom. The summed E-state index contributed by atoms with van der Waals surface area (Å²) in [6, 6.07) is 6.00. The van der Waals surface area contributed by atoms with E-state index in [0.29, 0.717) is 5.69 Å². The fourth-order valence-electron chi connectivity index (χ4n) is 3.93. The lowest BCUT2D eigenvalue weighted by molar-refractivity contribution is -0.123. The monoisotopic (exact) mass is 283 g/mol. The highest BCUT2D eigenvalue weighted by Gasteiger charge is 2.59. The third kappa shape index (κ3) is 1.54. The molecule has 5 heteroatoms. The number of allylic oxidation sites excluding steroid dienone is 2. The van der Waals surface area contributed by atoms with Gasteiger partial charge < -0.3 is 5.11 Å². The molecule has 0 unspecified atom stereocenters. The van der Waals surface area contributed by atoms with Crippen LogP contribution in [0.15, 0.2) is 36.4 Å². The molecule has 1 heterocycles. The van der Waals surface area contributed by atoms with Gasteiger partial charge in [0.25, 0.3) is 0 Å². The molecule has 2 amide bonds. The van der Waals surface area contributed by atoms with E-state index in [2.05, 4.69) is 0 Å². The van der Waals surface area contributed by atoms with Crippen molar-refractivity contribution in [2.75, 3.05) is 4.90 Å². The van der Waals surface area contributed by atoms with Crippen molar-refractivity contribution in [3.8, 4) is 0 Å². The van der Waals surface area contributed by atoms with Gasteiger partial charge in [0.05, 0.1) is 23.1 Å². The highest BCUT2D eigenvalue weighted by molar-refractivity contribution is 6.23. The number of carboxylic acids is 1. The molecule has 4 rings (SSSR count). The molecule has 0 aromatic heterocycles. The van der Waals surface area contributed by atoms with E-state index in [9.17, 15) is 14.4 Å². The van der Waals surface area contributed by atoms with Gasteiger partial charge in [-0.1, -0.05) is 18.2 Å². The van der Waals surface area contributed by atoms with Gasteiger partial charge >= 0.3 is 5.97 Å². The van der Waals surface area contributed by atoms with Gasteiger partial charge in [-0.3, -0.25) is 9.59 Å². The summed E-state index contributed by atoms with van der Waals surface area (Å²) in [5.74, 6) is -1.66. The molecule has 106 valence electrons. The maximum Gasteiger partial charge on any atom is 0.335 e. The Hall–Kier alpha value is -2.43. The smallest absolute Gasteiger partial charge is 0.335 e. The van der Waals surface area contributed by atoms with Gasteiger partial charge in [-0.2, -0.15) is 0 Å². The Kier molecular flexibility index (Phi) is 2.37. The number of amides is 2. The molecule has 1 aliphatic heterocycles. The number of anilines is 1. The molecule has 5 nitrogen and oxygen atoms in total. The number of benzene rings is 1. The zero-order valence-electron chi connectivity index (χ0n) is 11.1. The topological polar surface area (TPSA) is 74.7 Å². The second-order valence-electron chi connectivity index (χ2n) is 5.87. The number of carboxylic acid groups (broad SMARTS) is 1. The summed E-state index contributed by atoms with van der Waals surface area (Å²) >= 11 is 0. The van der Waals surface area contributed by atoms with E-state index in [1.54, 1.807) is 12.1 Å². The van der Waals surface area contributed by atoms with Crippen molar-refractivity contribution in [3.63, 3.8) is 0 Å². The van der Waals surface area contributed by atoms with Crippen LogP contribution in [0, 0.1) is 23.7 Å². The molecule has 2 bridgehead atoms. The van der Waals surface area contributed by atoms with Gasteiger partial charge in [-0.15, -0.1) is 0 Å². The van der Waals surface area contributed by atoms with Crippen molar-refractivity contribution in [2.24, 2.45) is 23.7 Å². The average molecular weight is 283 g/mol. The summed E-state index contributed by atoms with van der Waals surface area (Å²) in [6.45, 7) is 0. The molecule has 2 fully saturated rings. The van der Waals surface area contributed by atoms with Gasteiger partial charge in [0.2, 0.25) is 11.8 Å². The Balaban J connectivity index is 1.74. The molecular formula is C16H13NO4. The summed E-state index contributed by atoms with van der Waals surface area (Å²) in [5.41, 5.74) is 0.435. The standard InChI is InChI=1S/C16H13NO4/c18-14-12-8-4-5-9(6-8)13(12)15(19)17(14)11-3-1-2-10(7-11)16(20)21/h1-5,7-9,12-13H,6H2,(H,20,21)/t8-,9+,12-,13-/m0/s1. The average Bonchev–Trinajstić information content (AvgIpc) is 3.13. The van der Waals surface area contributed by atoms with Gasteiger partial charge in [-0.25, -0.2) is 9.69 Å². The van der Waals surface area contributed by atoms with Crippen LogP contribution in [0.5, 0.6) is 0 Å². The molecule has 2 aliphatic carbocycles. The number of imide groups is 1. The third-order valence-electron chi connectivity index (χ3n) is 4.82. The van der Waals surface area contributed by atoms with Crippen LogP contribution < -0.4 is 4.90 Å². The van der Waals surface area contributed by atoms with Crippen molar-refractivity contribution in [1.29, 1.82) is 0 Å². The van der Waals surface area contributed by atoms with Gasteiger partial charge in [0.15, 0.2) is 0 Å². The first-order valence-electron chi connectivity index (χ1n) is 6.97. The number of carbonyl (C=O) groups excluding carboxylic acids is 2. The van der Waals surface area contributed by atoms with E-state index in [1.807, 2.05) is 12.2 Å². The molecule has 3 aliphatic rings. The maximum atomic E-state index is 12.6. The van der Waals surface area contributed by atoms with Crippen molar-refractivity contribution < 1.29 is 19.5 Å². The molecule has 1 N–H and O–H groups in total. The minimum atomic E-state index is -1.07. The highest BCUT2D eigenvalue weighted by Crippen LogP contribution is 2.53. The van der Waals surface area contributed by atoms with Crippen LogP contribution in [0.4, 0.5) is 5.69 Å². The van der Waals surface area contributed by atoms with Crippen LogP contribution in [0.2, 0.25) is 0 Å². The van der Waals surface area contributed by atoms with Gasteiger partial charge in [-0.05, 0) is 36.5 Å². The van der Waals surface area contributed by atoms with Crippen LogP contribution in [0.3, 0.4) is 0 Å². The first kappa shape index (κ1) is 12.3. The van der Waals surface area contributed by atoms with Crippen LogP contribution in [0.25, 0.3) is 0 Å². The fourth-order valence-corrected chi connectivity index (χ4v) is 3.93. The number of hydrogen-bond acceptors (Lipinski definition) is 3. The molecular weight excluding hydrogens is 270 g/mol. The number of hydrogen-bond donors (Lipinski definition) is 1. The van der Waals surface area contributed by atoms with E-state index < -0.39 is 5.97 Å². The molecule has 1 saturated carbocycles. The Labute approximate surface area is 120 Å². The van der Waals surface area contributed by atoms with E-state index in [-0.39, 0.29) is 41.0 Å². The lowest BCUT2D eigenvalue weighted by Gasteiger charge is -2.17. The predicted octanol–water partition coefficient (Wildman–Crippen LogP) is 1.70. The summed E-state index contributed by atoms with van der Waals surface area (Å²) in [5, 5.41) is 9.04. The summed E-state index contributed by atoms with van der Waals surface area (Å²) in [7, 11) is 0. The van der Waals surface area contributed by atoms with Crippen molar-refractivity contribution in [3.05, 3.63) is 42.0 Å². The minimum absolute atomic E-state index is 0.0752. The van der Waals surface area contributed by atoms with Gasteiger partial charge in [0.1, 0.15) is 0 Å². The number of aromatic carboxylic acids is 1. The SMILES string of the molecule is O=C(O)c1cccc(N2C(=O)[C@@H]3[C@@H](C2=O)[C@H]2C=C[C@@H]3C2)c1. The first-order valence-corrected chi connectivity index (χ1v) is 6.97. The Morgan fingerprint density at radius 3 is 2.29 bits per heavy atom.